The fourth-order valence-corrected chi connectivity index (χ4v) is 3.54. The Morgan fingerprint density at radius 1 is 1.11 bits per heavy atom. The molecule has 6 heteroatoms. The number of thioether (sulfide) groups is 1. The minimum Gasteiger partial charge on any atom is -0.336 e. The molecule has 0 atom stereocenters. The van der Waals surface area contributed by atoms with Crippen LogP contribution in [0.1, 0.15) is 26.3 Å². The predicted molar refractivity (Wildman–Crippen MR) is 112 cm³/mol. The van der Waals surface area contributed by atoms with Gasteiger partial charge in [-0.05, 0) is 47.4 Å². The topological polar surface area (TPSA) is 61.4 Å². The zero-order valence-electron chi connectivity index (χ0n) is 15.9. The molecule has 1 aliphatic rings. The summed E-state index contributed by atoms with van der Waals surface area (Å²) in [7, 11) is 0. The van der Waals surface area contributed by atoms with Crippen LogP contribution in [0.15, 0.2) is 53.4 Å². The highest BCUT2D eigenvalue weighted by Crippen LogP contribution is 2.26. The van der Waals surface area contributed by atoms with Crippen molar-refractivity contribution >= 4 is 35.1 Å². The summed E-state index contributed by atoms with van der Waals surface area (Å²) in [6.45, 7) is 7.87. The molecule has 1 heterocycles. The number of nitrogens with zero attached hydrogens (tertiary/aromatic N) is 1. The van der Waals surface area contributed by atoms with Crippen LogP contribution in [0.2, 0.25) is 0 Å². The van der Waals surface area contributed by atoms with Gasteiger partial charge in [0.1, 0.15) is 0 Å². The number of benzene rings is 2. The number of anilines is 2. The molecule has 2 aromatic carbocycles. The van der Waals surface area contributed by atoms with E-state index in [4.69, 9.17) is 0 Å². The maximum atomic E-state index is 12.2. The van der Waals surface area contributed by atoms with Gasteiger partial charge in [0, 0.05) is 29.4 Å². The quantitative estimate of drug-likeness (QED) is 0.759. The number of hydrogen-bond donors (Lipinski definition) is 2. The van der Waals surface area contributed by atoms with Crippen LogP contribution < -0.4 is 15.5 Å². The molecule has 5 nitrogen and oxygen atoms in total. The van der Waals surface area contributed by atoms with Crippen molar-refractivity contribution in [1.82, 2.24) is 5.32 Å². The van der Waals surface area contributed by atoms with Gasteiger partial charge in [-0.15, -0.1) is 11.8 Å². The van der Waals surface area contributed by atoms with Crippen LogP contribution in [0.5, 0.6) is 0 Å². The SMILES string of the molecule is CC(C)(C)c1ccc(SCC(=O)Nc2ccc(N3CCNC3=O)cc2)cc1. The van der Waals surface area contributed by atoms with Crippen molar-refractivity contribution in [2.75, 3.05) is 29.1 Å². The molecule has 2 aromatic rings. The number of rotatable bonds is 5. The first-order valence-corrected chi connectivity index (χ1v) is 10.00. The Bertz CT molecular complexity index is 811. The third kappa shape index (κ3) is 5.04. The van der Waals surface area contributed by atoms with Gasteiger partial charge >= 0.3 is 6.03 Å². The molecule has 0 spiro atoms. The van der Waals surface area contributed by atoms with Crippen molar-refractivity contribution in [2.45, 2.75) is 31.1 Å². The van der Waals surface area contributed by atoms with E-state index in [1.807, 2.05) is 24.3 Å². The normalized spacial score (nSPS) is 14.2. The van der Waals surface area contributed by atoms with E-state index in [0.29, 0.717) is 18.8 Å². The molecule has 0 unspecified atom stereocenters. The first-order chi connectivity index (χ1) is 12.8. The van der Waals surface area contributed by atoms with E-state index in [9.17, 15) is 9.59 Å². The number of urea groups is 1. The minimum absolute atomic E-state index is 0.0495. The summed E-state index contributed by atoms with van der Waals surface area (Å²) >= 11 is 1.52. The zero-order valence-corrected chi connectivity index (χ0v) is 16.7. The van der Waals surface area contributed by atoms with Gasteiger partial charge in [-0.25, -0.2) is 4.79 Å². The number of hydrogen-bond acceptors (Lipinski definition) is 3. The Labute approximate surface area is 164 Å². The van der Waals surface area contributed by atoms with E-state index in [1.54, 1.807) is 4.90 Å². The number of carbonyl (C=O) groups excluding carboxylic acids is 2. The van der Waals surface area contributed by atoms with E-state index in [0.717, 1.165) is 16.3 Å². The molecular formula is C21H25N3O2S. The smallest absolute Gasteiger partial charge is 0.321 e. The molecule has 3 amide bonds. The summed E-state index contributed by atoms with van der Waals surface area (Å²) in [6, 6.07) is 15.6. The fraction of sp³-hybridized carbons (Fsp3) is 0.333. The van der Waals surface area contributed by atoms with Crippen LogP contribution in [0.25, 0.3) is 0 Å². The molecule has 1 saturated heterocycles. The van der Waals surface area contributed by atoms with E-state index < -0.39 is 0 Å². The average Bonchev–Trinajstić information content (AvgIpc) is 3.06. The van der Waals surface area contributed by atoms with Crippen molar-refractivity contribution in [1.29, 1.82) is 0 Å². The van der Waals surface area contributed by atoms with Gasteiger partial charge in [0.2, 0.25) is 5.91 Å². The number of carbonyl (C=O) groups is 2. The highest BCUT2D eigenvalue weighted by molar-refractivity contribution is 8.00. The molecule has 0 saturated carbocycles. The minimum atomic E-state index is -0.0827. The monoisotopic (exact) mass is 383 g/mol. The maximum absolute atomic E-state index is 12.2. The summed E-state index contributed by atoms with van der Waals surface area (Å²) < 4.78 is 0. The van der Waals surface area contributed by atoms with Crippen LogP contribution in [0, 0.1) is 0 Å². The van der Waals surface area contributed by atoms with Gasteiger partial charge in [0.05, 0.1) is 5.75 Å². The number of amides is 3. The summed E-state index contributed by atoms with van der Waals surface area (Å²) in [6.07, 6.45) is 0. The van der Waals surface area contributed by atoms with E-state index in [2.05, 4.69) is 55.7 Å². The average molecular weight is 384 g/mol. The Morgan fingerprint density at radius 2 is 1.78 bits per heavy atom. The standard InChI is InChI=1S/C21H25N3O2S/c1-21(2,3)15-4-10-18(11-5-15)27-14-19(25)23-16-6-8-17(9-7-16)24-13-12-22-20(24)26/h4-11H,12-14H2,1-3H3,(H,22,26)(H,23,25). The van der Waals surface area contributed by atoms with Crippen molar-refractivity contribution in [3.05, 3.63) is 54.1 Å². The van der Waals surface area contributed by atoms with Crippen LogP contribution in [0.3, 0.4) is 0 Å². The molecule has 27 heavy (non-hydrogen) atoms. The van der Waals surface area contributed by atoms with Crippen LogP contribution in [-0.4, -0.2) is 30.8 Å². The van der Waals surface area contributed by atoms with Gasteiger partial charge in [-0.1, -0.05) is 32.9 Å². The maximum Gasteiger partial charge on any atom is 0.321 e. The molecule has 3 rings (SSSR count). The van der Waals surface area contributed by atoms with E-state index in [1.165, 1.54) is 17.3 Å². The lowest BCUT2D eigenvalue weighted by molar-refractivity contribution is -0.113. The third-order valence-corrected chi connectivity index (χ3v) is 5.42. The lowest BCUT2D eigenvalue weighted by atomic mass is 9.87. The molecule has 0 aromatic heterocycles. The third-order valence-electron chi connectivity index (χ3n) is 4.41. The lowest BCUT2D eigenvalue weighted by Crippen LogP contribution is -2.27. The first-order valence-electron chi connectivity index (χ1n) is 9.01. The van der Waals surface area contributed by atoms with Crippen molar-refractivity contribution in [3.63, 3.8) is 0 Å². The largest absolute Gasteiger partial charge is 0.336 e. The Hall–Kier alpha value is -2.47. The van der Waals surface area contributed by atoms with E-state index in [-0.39, 0.29) is 17.4 Å². The highest BCUT2D eigenvalue weighted by atomic mass is 32.2. The van der Waals surface area contributed by atoms with Crippen LogP contribution >= 0.6 is 11.8 Å². The van der Waals surface area contributed by atoms with Crippen LogP contribution in [-0.2, 0) is 10.2 Å². The second kappa shape index (κ2) is 8.05. The molecule has 1 fully saturated rings. The lowest BCUT2D eigenvalue weighted by Gasteiger charge is -2.19. The summed E-state index contributed by atoms with van der Waals surface area (Å²) in [5.74, 6) is 0.303. The fourth-order valence-electron chi connectivity index (χ4n) is 2.84. The molecular weight excluding hydrogens is 358 g/mol. The molecule has 2 N–H and O–H groups in total. The molecule has 142 valence electrons. The Morgan fingerprint density at radius 3 is 2.33 bits per heavy atom. The van der Waals surface area contributed by atoms with Gasteiger partial charge in [0.15, 0.2) is 0 Å². The summed E-state index contributed by atoms with van der Waals surface area (Å²) in [5.41, 5.74) is 2.97. The number of nitrogens with one attached hydrogen (secondary N) is 2. The van der Waals surface area contributed by atoms with Crippen LogP contribution in [0.4, 0.5) is 16.2 Å². The van der Waals surface area contributed by atoms with Gasteiger partial charge < -0.3 is 10.6 Å². The van der Waals surface area contributed by atoms with Gasteiger partial charge in [-0.3, -0.25) is 9.69 Å². The molecule has 0 aliphatic carbocycles. The molecule has 0 bridgehead atoms. The van der Waals surface area contributed by atoms with Gasteiger partial charge in [-0.2, -0.15) is 0 Å². The van der Waals surface area contributed by atoms with Crippen molar-refractivity contribution < 1.29 is 9.59 Å². The Kier molecular flexibility index (Phi) is 5.75. The Balaban J connectivity index is 1.51. The van der Waals surface area contributed by atoms with Gasteiger partial charge in [0.25, 0.3) is 0 Å². The second-order valence-corrected chi connectivity index (χ2v) is 8.59. The second-order valence-electron chi connectivity index (χ2n) is 7.54. The highest BCUT2D eigenvalue weighted by Gasteiger charge is 2.20. The van der Waals surface area contributed by atoms with Crippen molar-refractivity contribution in [3.8, 4) is 0 Å². The first kappa shape index (κ1) is 19.3. The predicted octanol–water partition coefficient (Wildman–Crippen LogP) is 4.24. The van der Waals surface area contributed by atoms with E-state index >= 15 is 0 Å². The summed E-state index contributed by atoms with van der Waals surface area (Å²) in [5, 5.41) is 5.67. The van der Waals surface area contributed by atoms with Crippen molar-refractivity contribution in [2.24, 2.45) is 0 Å². The molecule has 0 radical (unpaired) electrons. The zero-order chi connectivity index (χ0) is 19.4. The summed E-state index contributed by atoms with van der Waals surface area (Å²) in [4.78, 5) is 26.6. The molecule has 1 aliphatic heterocycles.